The number of Topliss-reactive ketones (excluding diaryl/α,β-unsaturated/α-hetero) is 1. The third-order valence-electron chi connectivity index (χ3n) is 2.34. The summed E-state index contributed by atoms with van der Waals surface area (Å²) in [6.07, 6.45) is 1.85. The molecule has 0 heterocycles. The maximum absolute atomic E-state index is 13.2. The van der Waals surface area contributed by atoms with Crippen LogP contribution >= 0.6 is 0 Å². The van der Waals surface area contributed by atoms with Gasteiger partial charge in [-0.15, -0.1) is 0 Å². The van der Waals surface area contributed by atoms with Crippen LogP contribution < -0.4 is 5.46 Å². The standard InChI is InChI=1S/C10H10BFO/c11-7-3-4-9(12)8(5-7)10(13)6-1-2-6/h3-6H,1-2,11H2. The van der Waals surface area contributed by atoms with Gasteiger partial charge in [0.25, 0.3) is 0 Å². The van der Waals surface area contributed by atoms with Crippen LogP contribution in [-0.2, 0) is 0 Å². The van der Waals surface area contributed by atoms with E-state index in [9.17, 15) is 9.18 Å². The molecule has 0 unspecified atom stereocenters. The molecule has 0 radical (unpaired) electrons. The van der Waals surface area contributed by atoms with Gasteiger partial charge in [-0.3, -0.25) is 4.79 Å². The lowest BCUT2D eigenvalue weighted by atomic mass is 9.92. The third kappa shape index (κ3) is 1.64. The topological polar surface area (TPSA) is 17.1 Å². The molecule has 0 N–H and O–H groups in total. The van der Waals surface area contributed by atoms with Crippen molar-refractivity contribution in [1.29, 1.82) is 0 Å². The van der Waals surface area contributed by atoms with Crippen molar-refractivity contribution >= 4 is 19.1 Å². The van der Waals surface area contributed by atoms with Gasteiger partial charge in [0.05, 0.1) is 5.56 Å². The van der Waals surface area contributed by atoms with Gasteiger partial charge >= 0.3 is 0 Å². The number of hydrogen-bond donors (Lipinski definition) is 0. The average Bonchev–Trinajstić information content (AvgIpc) is 2.91. The number of halogens is 1. The summed E-state index contributed by atoms with van der Waals surface area (Å²) in [7, 11) is 1.86. The molecule has 1 fully saturated rings. The molecular weight excluding hydrogens is 166 g/mol. The average molecular weight is 176 g/mol. The van der Waals surface area contributed by atoms with Crippen molar-refractivity contribution in [3.05, 3.63) is 29.6 Å². The second kappa shape index (κ2) is 2.98. The van der Waals surface area contributed by atoms with Gasteiger partial charge in [0.1, 0.15) is 13.7 Å². The number of benzene rings is 1. The van der Waals surface area contributed by atoms with Gasteiger partial charge in [0.15, 0.2) is 5.78 Å². The van der Waals surface area contributed by atoms with Gasteiger partial charge < -0.3 is 0 Å². The first kappa shape index (κ1) is 8.48. The monoisotopic (exact) mass is 176 g/mol. The lowest BCUT2D eigenvalue weighted by Gasteiger charge is -2.01. The summed E-state index contributed by atoms with van der Waals surface area (Å²) in [5, 5.41) is 0. The molecule has 1 saturated carbocycles. The predicted octanol–water partition coefficient (Wildman–Crippen LogP) is 0.677. The molecule has 1 aromatic rings. The number of hydrogen-bond acceptors (Lipinski definition) is 1. The summed E-state index contributed by atoms with van der Waals surface area (Å²) >= 11 is 0. The van der Waals surface area contributed by atoms with Gasteiger partial charge in [-0.05, 0) is 18.9 Å². The minimum absolute atomic E-state index is 0.0267. The van der Waals surface area contributed by atoms with E-state index in [0.29, 0.717) is 0 Å². The molecule has 2 rings (SSSR count). The van der Waals surface area contributed by atoms with Crippen LogP contribution in [0.4, 0.5) is 4.39 Å². The van der Waals surface area contributed by atoms with Crippen molar-refractivity contribution in [3.8, 4) is 0 Å². The maximum Gasteiger partial charge on any atom is 0.168 e. The Kier molecular flexibility index (Phi) is 1.95. The second-order valence-electron chi connectivity index (χ2n) is 3.62. The van der Waals surface area contributed by atoms with Crippen LogP contribution in [0.2, 0.25) is 0 Å². The van der Waals surface area contributed by atoms with Crippen LogP contribution in [0.25, 0.3) is 0 Å². The molecule has 3 heteroatoms. The summed E-state index contributed by atoms with van der Waals surface area (Å²) in [6.45, 7) is 0. The number of rotatable bonds is 2. The SMILES string of the molecule is Bc1ccc(F)c(C(=O)C2CC2)c1. The largest absolute Gasteiger partial charge is 0.294 e. The Morgan fingerprint density at radius 3 is 2.77 bits per heavy atom. The molecule has 1 aliphatic rings. The van der Waals surface area contributed by atoms with Gasteiger partial charge in [0, 0.05) is 5.92 Å². The Morgan fingerprint density at radius 2 is 2.15 bits per heavy atom. The molecular formula is C10H10BFO. The fourth-order valence-electron chi connectivity index (χ4n) is 1.39. The molecule has 0 aliphatic heterocycles. The molecule has 0 saturated heterocycles. The summed E-state index contributed by atoms with van der Waals surface area (Å²) in [5.74, 6) is -0.319. The van der Waals surface area contributed by atoms with E-state index in [1.165, 1.54) is 6.07 Å². The Hall–Kier alpha value is -1.12. The van der Waals surface area contributed by atoms with Crippen LogP contribution in [0.1, 0.15) is 23.2 Å². The predicted molar refractivity (Wildman–Crippen MR) is 51.6 cm³/mol. The number of carbonyl (C=O) groups excluding carboxylic acids is 1. The highest BCUT2D eigenvalue weighted by Gasteiger charge is 2.31. The van der Waals surface area contributed by atoms with E-state index in [2.05, 4.69) is 0 Å². The molecule has 1 aliphatic carbocycles. The van der Waals surface area contributed by atoms with Crippen LogP contribution in [0.5, 0.6) is 0 Å². The Morgan fingerprint density at radius 1 is 1.46 bits per heavy atom. The first-order chi connectivity index (χ1) is 6.18. The van der Waals surface area contributed by atoms with Crippen molar-refractivity contribution in [2.45, 2.75) is 12.8 Å². The zero-order valence-corrected chi connectivity index (χ0v) is 7.51. The molecule has 66 valence electrons. The molecule has 1 aromatic carbocycles. The van der Waals surface area contributed by atoms with E-state index in [-0.39, 0.29) is 23.1 Å². The van der Waals surface area contributed by atoms with E-state index in [4.69, 9.17) is 0 Å². The summed E-state index contributed by atoms with van der Waals surface area (Å²) in [6, 6.07) is 4.68. The number of ketones is 1. The van der Waals surface area contributed by atoms with Crippen molar-refractivity contribution in [1.82, 2.24) is 0 Å². The van der Waals surface area contributed by atoms with Gasteiger partial charge in [0.2, 0.25) is 0 Å². The third-order valence-corrected chi connectivity index (χ3v) is 2.34. The van der Waals surface area contributed by atoms with E-state index >= 15 is 0 Å². The Bertz CT molecular complexity index is 358. The fourth-order valence-corrected chi connectivity index (χ4v) is 1.39. The van der Waals surface area contributed by atoms with Crippen molar-refractivity contribution in [2.75, 3.05) is 0 Å². The Labute approximate surface area is 77.4 Å². The number of carbonyl (C=O) groups is 1. The highest BCUT2D eigenvalue weighted by atomic mass is 19.1. The highest BCUT2D eigenvalue weighted by Crippen LogP contribution is 2.32. The second-order valence-corrected chi connectivity index (χ2v) is 3.62. The zero-order valence-electron chi connectivity index (χ0n) is 7.51. The highest BCUT2D eigenvalue weighted by molar-refractivity contribution is 6.32. The van der Waals surface area contributed by atoms with E-state index in [1.807, 2.05) is 7.85 Å². The van der Waals surface area contributed by atoms with E-state index in [0.717, 1.165) is 18.3 Å². The molecule has 0 spiro atoms. The maximum atomic E-state index is 13.2. The van der Waals surface area contributed by atoms with Crippen LogP contribution in [0, 0.1) is 11.7 Å². The van der Waals surface area contributed by atoms with Crippen LogP contribution in [0.3, 0.4) is 0 Å². The first-order valence-corrected chi connectivity index (χ1v) is 4.49. The van der Waals surface area contributed by atoms with Crippen molar-refractivity contribution in [2.24, 2.45) is 5.92 Å². The lowest BCUT2D eigenvalue weighted by Crippen LogP contribution is -2.11. The summed E-state index contributed by atoms with van der Waals surface area (Å²) in [4.78, 5) is 11.5. The molecule has 0 atom stereocenters. The normalized spacial score (nSPS) is 15.8. The summed E-state index contributed by atoms with van der Waals surface area (Å²) < 4.78 is 13.2. The van der Waals surface area contributed by atoms with Gasteiger partial charge in [-0.2, -0.15) is 0 Å². The van der Waals surface area contributed by atoms with Crippen LogP contribution in [0.15, 0.2) is 18.2 Å². The smallest absolute Gasteiger partial charge is 0.168 e. The lowest BCUT2D eigenvalue weighted by molar-refractivity contribution is 0.0964. The first-order valence-electron chi connectivity index (χ1n) is 4.49. The minimum Gasteiger partial charge on any atom is -0.294 e. The minimum atomic E-state index is -0.387. The van der Waals surface area contributed by atoms with E-state index in [1.54, 1.807) is 12.1 Å². The molecule has 1 nitrogen and oxygen atoms in total. The summed E-state index contributed by atoms with van der Waals surface area (Å²) in [5.41, 5.74) is 1.20. The Balaban J connectivity index is 2.37. The van der Waals surface area contributed by atoms with Crippen molar-refractivity contribution < 1.29 is 9.18 Å². The van der Waals surface area contributed by atoms with Crippen LogP contribution in [-0.4, -0.2) is 13.6 Å². The molecule has 0 bridgehead atoms. The van der Waals surface area contributed by atoms with E-state index < -0.39 is 0 Å². The fraction of sp³-hybridized carbons (Fsp3) is 0.300. The van der Waals surface area contributed by atoms with Gasteiger partial charge in [-0.1, -0.05) is 17.6 Å². The molecule has 13 heavy (non-hydrogen) atoms. The zero-order chi connectivity index (χ0) is 9.42. The van der Waals surface area contributed by atoms with Gasteiger partial charge in [-0.25, -0.2) is 4.39 Å². The van der Waals surface area contributed by atoms with Crippen molar-refractivity contribution in [3.63, 3.8) is 0 Å². The molecule has 0 aromatic heterocycles. The quantitative estimate of drug-likeness (QED) is 0.478. The molecule has 0 amide bonds.